The summed E-state index contributed by atoms with van der Waals surface area (Å²) in [6, 6.07) is 12.3. The lowest BCUT2D eigenvalue weighted by Crippen LogP contribution is -2.13. The number of nitrogens with zero attached hydrogens (tertiary/aromatic N) is 2. The van der Waals surface area contributed by atoms with Crippen LogP contribution in [0.3, 0.4) is 0 Å². The van der Waals surface area contributed by atoms with Gasteiger partial charge in [-0.3, -0.25) is 4.79 Å². The van der Waals surface area contributed by atoms with E-state index >= 15 is 0 Å². The van der Waals surface area contributed by atoms with Crippen molar-refractivity contribution in [3.05, 3.63) is 70.0 Å². The van der Waals surface area contributed by atoms with Gasteiger partial charge < -0.3 is 10.1 Å². The van der Waals surface area contributed by atoms with Gasteiger partial charge in [0.05, 0.1) is 35.9 Å². The third-order valence-electron chi connectivity index (χ3n) is 3.72. The summed E-state index contributed by atoms with van der Waals surface area (Å²) in [5.74, 6) is 0.226. The van der Waals surface area contributed by atoms with E-state index in [1.807, 2.05) is 19.1 Å². The first-order valence-electron chi connectivity index (χ1n) is 7.45. The molecular formula is C18H15Cl2N3O2. The Labute approximate surface area is 155 Å². The summed E-state index contributed by atoms with van der Waals surface area (Å²) < 4.78 is 6.91. The third-order valence-corrected chi connectivity index (χ3v) is 4.19. The van der Waals surface area contributed by atoms with Crippen LogP contribution in [0.15, 0.2) is 48.7 Å². The number of hydrogen-bond acceptors (Lipinski definition) is 3. The summed E-state index contributed by atoms with van der Waals surface area (Å²) in [5.41, 5.74) is 2.42. The predicted molar refractivity (Wildman–Crippen MR) is 99.3 cm³/mol. The van der Waals surface area contributed by atoms with Crippen molar-refractivity contribution in [2.75, 3.05) is 12.4 Å². The van der Waals surface area contributed by atoms with Crippen LogP contribution in [0.1, 0.15) is 16.1 Å². The number of hydrogen-bond donors (Lipinski definition) is 1. The number of carbonyl (C=O) groups is 1. The standard InChI is InChI=1S/C18H15Cl2N3O2/c1-11-15(10-21-23(11)14-5-3-4-12(19)8-14)18(24)22-16-9-13(20)6-7-17(16)25-2/h3-10H,1-2H3,(H,22,24). The number of halogens is 2. The van der Waals surface area contributed by atoms with Crippen LogP contribution in [0, 0.1) is 6.92 Å². The number of aromatic nitrogens is 2. The van der Waals surface area contributed by atoms with E-state index in [0.717, 1.165) is 5.69 Å². The molecule has 0 spiro atoms. The van der Waals surface area contributed by atoms with E-state index in [2.05, 4.69) is 10.4 Å². The SMILES string of the molecule is COc1ccc(Cl)cc1NC(=O)c1cnn(-c2cccc(Cl)c2)c1C. The summed E-state index contributed by atoms with van der Waals surface area (Å²) in [6.07, 6.45) is 1.52. The minimum atomic E-state index is -0.300. The molecule has 0 unspecified atom stereocenters. The topological polar surface area (TPSA) is 56.1 Å². The first-order chi connectivity index (χ1) is 12.0. The Morgan fingerprint density at radius 1 is 1.16 bits per heavy atom. The normalized spacial score (nSPS) is 10.6. The van der Waals surface area contributed by atoms with Crippen LogP contribution in [-0.4, -0.2) is 22.8 Å². The molecule has 0 bridgehead atoms. The van der Waals surface area contributed by atoms with Crippen molar-refractivity contribution in [3.8, 4) is 11.4 Å². The fourth-order valence-electron chi connectivity index (χ4n) is 2.47. The Hall–Kier alpha value is -2.50. The van der Waals surface area contributed by atoms with E-state index in [4.69, 9.17) is 27.9 Å². The molecular weight excluding hydrogens is 361 g/mol. The highest BCUT2D eigenvalue weighted by Gasteiger charge is 2.17. The molecule has 0 aliphatic rings. The summed E-state index contributed by atoms with van der Waals surface area (Å²) in [7, 11) is 1.53. The highest BCUT2D eigenvalue weighted by Crippen LogP contribution is 2.28. The van der Waals surface area contributed by atoms with Crippen LogP contribution in [-0.2, 0) is 0 Å². The van der Waals surface area contributed by atoms with Crippen molar-refractivity contribution in [3.63, 3.8) is 0 Å². The van der Waals surface area contributed by atoms with E-state index in [1.54, 1.807) is 35.0 Å². The molecule has 0 aliphatic heterocycles. The summed E-state index contributed by atoms with van der Waals surface area (Å²) in [6.45, 7) is 1.82. The van der Waals surface area contributed by atoms with Crippen molar-refractivity contribution in [1.82, 2.24) is 9.78 Å². The molecule has 0 aliphatic carbocycles. The number of ether oxygens (including phenoxy) is 1. The number of methoxy groups -OCH3 is 1. The lowest BCUT2D eigenvalue weighted by Gasteiger charge is -2.10. The van der Waals surface area contributed by atoms with Crippen LogP contribution < -0.4 is 10.1 Å². The van der Waals surface area contributed by atoms with Gasteiger partial charge in [0, 0.05) is 10.0 Å². The first-order valence-corrected chi connectivity index (χ1v) is 8.20. The molecule has 128 valence electrons. The number of amides is 1. The largest absolute Gasteiger partial charge is 0.495 e. The van der Waals surface area contributed by atoms with Gasteiger partial charge in [-0.05, 0) is 43.3 Å². The second-order valence-electron chi connectivity index (χ2n) is 5.33. The fourth-order valence-corrected chi connectivity index (χ4v) is 2.82. The third kappa shape index (κ3) is 3.62. The zero-order chi connectivity index (χ0) is 18.0. The number of carbonyl (C=O) groups excluding carboxylic acids is 1. The van der Waals surface area contributed by atoms with Gasteiger partial charge in [0.2, 0.25) is 0 Å². The van der Waals surface area contributed by atoms with Gasteiger partial charge in [-0.15, -0.1) is 0 Å². The average Bonchev–Trinajstić information content (AvgIpc) is 2.97. The molecule has 3 aromatic rings. The van der Waals surface area contributed by atoms with Gasteiger partial charge >= 0.3 is 0 Å². The summed E-state index contributed by atoms with van der Waals surface area (Å²) >= 11 is 12.0. The van der Waals surface area contributed by atoms with Gasteiger partial charge in [-0.2, -0.15) is 5.10 Å². The van der Waals surface area contributed by atoms with Gasteiger partial charge in [0.25, 0.3) is 5.91 Å². The zero-order valence-electron chi connectivity index (χ0n) is 13.6. The Balaban J connectivity index is 1.91. The van der Waals surface area contributed by atoms with E-state index in [-0.39, 0.29) is 5.91 Å². The van der Waals surface area contributed by atoms with Crippen LogP contribution in [0.5, 0.6) is 5.75 Å². The Bertz CT molecular complexity index is 938. The minimum absolute atomic E-state index is 0.300. The second kappa shape index (κ2) is 7.17. The number of rotatable bonds is 4. The van der Waals surface area contributed by atoms with Crippen LogP contribution in [0.25, 0.3) is 5.69 Å². The van der Waals surface area contributed by atoms with Gasteiger partial charge in [0.15, 0.2) is 0 Å². The molecule has 0 atom stereocenters. The van der Waals surface area contributed by atoms with E-state index < -0.39 is 0 Å². The van der Waals surface area contributed by atoms with Crippen molar-refractivity contribution >= 4 is 34.8 Å². The minimum Gasteiger partial charge on any atom is -0.495 e. The van der Waals surface area contributed by atoms with E-state index in [1.165, 1.54) is 13.3 Å². The van der Waals surface area contributed by atoms with Crippen molar-refractivity contribution in [2.24, 2.45) is 0 Å². The molecule has 1 aromatic heterocycles. The highest BCUT2D eigenvalue weighted by molar-refractivity contribution is 6.31. The van der Waals surface area contributed by atoms with E-state index in [0.29, 0.717) is 32.7 Å². The fraction of sp³-hybridized carbons (Fsp3) is 0.111. The van der Waals surface area contributed by atoms with Crippen LogP contribution in [0.2, 0.25) is 10.0 Å². The molecule has 0 saturated carbocycles. The predicted octanol–water partition coefficient (Wildman–Crippen LogP) is 4.75. The smallest absolute Gasteiger partial charge is 0.259 e. The van der Waals surface area contributed by atoms with Crippen LogP contribution in [0.4, 0.5) is 5.69 Å². The van der Waals surface area contributed by atoms with Crippen molar-refractivity contribution in [1.29, 1.82) is 0 Å². The highest BCUT2D eigenvalue weighted by atomic mass is 35.5. The second-order valence-corrected chi connectivity index (χ2v) is 6.21. The Morgan fingerprint density at radius 2 is 1.92 bits per heavy atom. The summed E-state index contributed by atoms with van der Waals surface area (Å²) in [4.78, 5) is 12.6. The molecule has 2 aromatic carbocycles. The molecule has 1 heterocycles. The monoisotopic (exact) mass is 375 g/mol. The number of benzene rings is 2. The lowest BCUT2D eigenvalue weighted by molar-refractivity contribution is 0.102. The maximum Gasteiger partial charge on any atom is 0.259 e. The summed E-state index contributed by atoms with van der Waals surface area (Å²) in [5, 5.41) is 8.20. The molecule has 3 rings (SSSR count). The molecule has 25 heavy (non-hydrogen) atoms. The molecule has 1 N–H and O–H groups in total. The molecule has 5 nitrogen and oxygen atoms in total. The molecule has 1 amide bonds. The van der Waals surface area contributed by atoms with Gasteiger partial charge in [-0.25, -0.2) is 4.68 Å². The number of anilines is 1. The van der Waals surface area contributed by atoms with E-state index in [9.17, 15) is 4.79 Å². The van der Waals surface area contributed by atoms with Gasteiger partial charge in [0.1, 0.15) is 5.75 Å². The quantitative estimate of drug-likeness (QED) is 0.715. The first kappa shape index (κ1) is 17.3. The zero-order valence-corrected chi connectivity index (χ0v) is 15.1. The maximum atomic E-state index is 12.6. The lowest BCUT2D eigenvalue weighted by atomic mass is 10.2. The Morgan fingerprint density at radius 3 is 2.64 bits per heavy atom. The average molecular weight is 376 g/mol. The molecule has 0 fully saturated rings. The van der Waals surface area contributed by atoms with Gasteiger partial charge in [-0.1, -0.05) is 29.3 Å². The van der Waals surface area contributed by atoms with Crippen molar-refractivity contribution in [2.45, 2.75) is 6.92 Å². The van der Waals surface area contributed by atoms with Crippen LogP contribution >= 0.6 is 23.2 Å². The maximum absolute atomic E-state index is 12.6. The molecule has 7 heteroatoms. The Kier molecular flexibility index (Phi) is 4.97. The van der Waals surface area contributed by atoms with Crippen molar-refractivity contribution < 1.29 is 9.53 Å². The molecule has 0 radical (unpaired) electrons. The molecule has 0 saturated heterocycles. The number of nitrogens with one attached hydrogen (secondary N) is 1.